The number of rotatable bonds is 4. The van der Waals surface area contributed by atoms with E-state index in [2.05, 4.69) is 27.7 Å². The molecular formula is C19H30O2. The molecule has 0 amide bonds. The second kappa shape index (κ2) is 5.90. The van der Waals surface area contributed by atoms with E-state index in [-0.39, 0.29) is 5.60 Å². The van der Waals surface area contributed by atoms with Crippen LogP contribution in [-0.2, 0) is 6.42 Å². The van der Waals surface area contributed by atoms with Crippen molar-refractivity contribution in [2.24, 2.45) is 5.92 Å². The maximum absolute atomic E-state index is 10.2. The average molecular weight is 290 g/mol. The molecule has 1 aliphatic rings. The number of hydrogen-bond donors (Lipinski definition) is 1. The predicted molar refractivity (Wildman–Crippen MR) is 88.4 cm³/mol. The van der Waals surface area contributed by atoms with Gasteiger partial charge in [0.25, 0.3) is 0 Å². The Labute approximate surface area is 129 Å². The van der Waals surface area contributed by atoms with Gasteiger partial charge in [0, 0.05) is 5.56 Å². The van der Waals surface area contributed by atoms with Gasteiger partial charge in [0.2, 0.25) is 0 Å². The van der Waals surface area contributed by atoms with Crippen molar-refractivity contribution in [2.75, 3.05) is 0 Å². The summed E-state index contributed by atoms with van der Waals surface area (Å²) in [6.45, 7) is 12.8. The summed E-state index contributed by atoms with van der Waals surface area (Å²) >= 11 is 0. The molecule has 118 valence electrons. The SMILES string of the molecule is Cc1c(C)c2c(c(C)c1O)CC[C@@](C)(CCCC(C)C)O2. The standard InChI is InChI=1S/C19H30O2/c1-12(2)8-7-10-19(6)11-9-16-15(5)17(20)13(3)14(4)18(16)21-19/h12,20H,7-11H2,1-6H3/t19-/m1/s1. The minimum absolute atomic E-state index is 0.0531. The molecule has 1 N–H and O–H groups in total. The van der Waals surface area contributed by atoms with Crippen LogP contribution in [0.1, 0.15) is 68.7 Å². The van der Waals surface area contributed by atoms with Crippen molar-refractivity contribution < 1.29 is 9.84 Å². The minimum Gasteiger partial charge on any atom is -0.507 e. The van der Waals surface area contributed by atoms with Gasteiger partial charge in [-0.2, -0.15) is 0 Å². The summed E-state index contributed by atoms with van der Waals surface area (Å²) in [5.41, 5.74) is 4.21. The van der Waals surface area contributed by atoms with Gasteiger partial charge in [-0.25, -0.2) is 0 Å². The average Bonchev–Trinajstić information content (AvgIpc) is 2.42. The maximum atomic E-state index is 10.2. The van der Waals surface area contributed by atoms with Crippen LogP contribution in [0.3, 0.4) is 0 Å². The van der Waals surface area contributed by atoms with Gasteiger partial charge >= 0.3 is 0 Å². The van der Waals surface area contributed by atoms with Crippen molar-refractivity contribution in [3.05, 3.63) is 22.3 Å². The number of aromatic hydroxyl groups is 1. The highest BCUT2D eigenvalue weighted by atomic mass is 16.5. The van der Waals surface area contributed by atoms with Crippen LogP contribution in [0.2, 0.25) is 0 Å². The third-order valence-corrected chi connectivity index (χ3v) is 5.08. The molecule has 0 spiro atoms. The summed E-state index contributed by atoms with van der Waals surface area (Å²) in [5, 5.41) is 10.2. The number of hydrogen-bond acceptors (Lipinski definition) is 2. The largest absolute Gasteiger partial charge is 0.507 e. The Morgan fingerprint density at radius 1 is 1.14 bits per heavy atom. The number of phenols is 1. The first-order chi connectivity index (χ1) is 9.75. The quantitative estimate of drug-likeness (QED) is 0.823. The summed E-state index contributed by atoms with van der Waals surface area (Å²) < 4.78 is 6.44. The van der Waals surface area contributed by atoms with Gasteiger partial charge in [-0.05, 0) is 76.0 Å². The van der Waals surface area contributed by atoms with Crippen molar-refractivity contribution >= 4 is 0 Å². The molecule has 0 aromatic heterocycles. The molecule has 2 rings (SSSR count). The maximum Gasteiger partial charge on any atom is 0.127 e. The Balaban J connectivity index is 2.24. The van der Waals surface area contributed by atoms with Gasteiger partial charge in [0.15, 0.2) is 0 Å². The van der Waals surface area contributed by atoms with E-state index in [1.54, 1.807) is 0 Å². The highest BCUT2D eigenvalue weighted by molar-refractivity contribution is 5.58. The molecule has 1 atom stereocenters. The Morgan fingerprint density at radius 2 is 1.81 bits per heavy atom. The van der Waals surface area contributed by atoms with E-state index < -0.39 is 0 Å². The number of benzene rings is 1. The molecule has 0 radical (unpaired) electrons. The monoisotopic (exact) mass is 290 g/mol. The molecule has 0 saturated carbocycles. The first-order valence-corrected chi connectivity index (χ1v) is 8.26. The normalized spacial score (nSPS) is 21.3. The lowest BCUT2D eigenvalue weighted by molar-refractivity contribution is 0.0515. The van der Waals surface area contributed by atoms with Crippen LogP contribution in [-0.4, -0.2) is 10.7 Å². The molecule has 2 heteroatoms. The molecule has 21 heavy (non-hydrogen) atoms. The van der Waals surface area contributed by atoms with Gasteiger partial charge in [-0.1, -0.05) is 20.3 Å². The second-order valence-electron chi connectivity index (χ2n) is 7.37. The summed E-state index contributed by atoms with van der Waals surface area (Å²) in [7, 11) is 0. The van der Waals surface area contributed by atoms with Crippen molar-refractivity contribution in [3.8, 4) is 11.5 Å². The predicted octanol–water partition coefficient (Wildman–Crippen LogP) is 5.23. The van der Waals surface area contributed by atoms with Crippen LogP contribution in [0.25, 0.3) is 0 Å². The summed E-state index contributed by atoms with van der Waals surface area (Å²) in [4.78, 5) is 0. The topological polar surface area (TPSA) is 29.5 Å². The van der Waals surface area contributed by atoms with Gasteiger partial charge < -0.3 is 9.84 Å². The summed E-state index contributed by atoms with van der Waals surface area (Å²) in [6.07, 6.45) is 5.65. The Morgan fingerprint density at radius 3 is 2.43 bits per heavy atom. The number of fused-ring (bicyclic) bond motifs is 1. The van der Waals surface area contributed by atoms with Crippen LogP contribution < -0.4 is 4.74 Å². The molecule has 2 nitrogen and oxygen atoms in total. The first-order valence-electron chi connectivity index (χ1n) is 8.26. The molecule has 0 aliphatic carbocycles. The molecule has 1 aliphatic heterocycles. The van der Waals surface area contributed by atoms with Crippen molar-refractivity contribution in [3.63, 3.8) is 0 Å². The van der Waals surface area contributed by atoms with E-state index in [0.29, 0.717) is 5.75 Å². The van der Waals surface area contributed by atoms with E-state index in [1.807, 2.05) is 13.8 Å². The highest BCUT2D eigenvalue weighted by Gasteiger charge is 2.34. The van der Waals surface area contributed by atoms with E-state index >= 15 is 0 Å². The molecule has 0 fully saturated rings. The Kier molecular flexibility index (Phi) is 4.55. The fourth-order valence-corrected chi connectivity index (χ4v) is 3.36. The zero-order valence-corrected chi connectivity index (χ0v) is 14.5. The van der Waals surface area contributed by atoms with Gasteiger partial charge in [-0.3, -0.25) is 0 Å². The first kappa shape index (κ1) is 16.2. The zero-order chi connectivity index (χ0) is 15.8. The summed E-state index contributed by atoms with van der Waals surface area (Å²) in [5.74, 6) is 2.23. The van der Waals surface area contributed by atoms with Crippen LogP contribution in [0.15, 0.2) is 0 Å². The smallest absolute Gasteiger partial charge is 0.127 e. The lowest BCUT2D eigenvalue weighted by Crippen LogP contribution is -2.37. The van der Waals surface area contributed by atoms with E-state index in [4.69, 9.17) is 4.74 Å². The van der Waals surface area contributed by atoms with Crippen LogP contribution in [0.4, 0.5) is 0 Å². The van der Waals surface area contributed by atoms with Crippen LogP contribution >= 0.6 is 0 Å². The van der Waals surface area contributed by atoms with Crippen molar-refractivity contribution in [1.82, 2.24) is 0 Å². The molecule has 0 bridgehead atoms. The Bertz CT molecular complexity index is 531. The second-order valence-corrected chi connectivity index (χ2v) is 7.37. The molecule has 0 saturated heterocycles. The van der Waals surface area contributed by atoms with Gasteiger partial charge in [-0.15, -0.1) is 0 Å². The molecule has 0 unspecified atom stereocenters. The lowest BCUT2D eigenvalue weighted by atomic mass is 9.84. The minimum atomic E-state index is -0.0531. The van der Waals surface area contributed by atoms with Gasteiger partial charge in [0.05, 0.1) is 0 Å². The molecule has 1 heterocycles. The van der Waals surface area contributed by atoms with Crippen LogP contribution in [0.5, 0.6) is 11.5 Å². The molecule has 1 aromatic carbocycles. The molecule has 1 aromatic rings. The van der Waals surface area contributed by atoms with Crippen LogP contribution in [0, 0.1) is 26.7 Å². The highest BCUT2D eigenvalue weighted by Crippen LogP contribution is 2.44. The zero-order valence-electron chi connectivity index (χ0n) is 14.5. The third-order valence-electron chi connectivity index (χ3n) is 5.08. The number of ether oxygens (including phenoxy) is 1. The van der Waals surface area contributed by atoms with Crippen molar-refractivity contribution in [1.29, 1.82) is 0 Å². The Hall–Kier alpha value is -1.18. The molecular weight excluding hydrogens is 260 g/mol. The third kappa shape index (κ3) is 3.20. The van der Waals surface area contributed by atoms with Crippen molar-refractivity contribution in [2.45, 2.75) is 79.2 Å². The van der Waals surface area contributed by atoms with E-state index in [0.717, 1.165) is 47.6 Å². The van der Waals surface area contributed by atoms with E-state index in [1.165, 1.54) is 18.4 Å². The van der Waals surface area contributed by atoms with E-state index in [9.17, 15) is 5.11 Å². The number of phenolic OH excluding ortho intramolecular Hbond substituents is 1. The fraction of sp³-hybridized carbons (Fsp3) is 0.684. The lowest BCUT2D eigenvalue weighted by Gasteiger charge is -2.38. The summed E-state index contributed by atoms with van der Waals surface area (Å²) in [6, 6.07) is 0. The fourth-order valence-electron chi connectivity index (χ4n) is 3.36. The van der Waals surface area contributed by atoms with Gasteiger partial charge in [0.1, 0.15) is 17.1 Å².